The summed E-state index contributed by atoms with van der Waals surface area (Å²) in [5, 5.41) is 13.5. The third kappa shape index (κ3) is 3.17. The van der Waals surface area contributed by atoms with Gasteiger partial charge in [-0.1, -0.05) is 12.1 Å². The van der Waals surface area contributed by atoms with Crippen LogP contribution in [0.3, 0.4) is 0 Å². The van der Waals surface area contributed by atoms with Crippen molar-refractivity contribution in [1.82, 2.24) is 5.32 Å². The van der Waals surface area contributed by atoms with Gasteiger partial charge in [-0.3, -0.25) is 4.79 Å². The van der Waals surface area contributed by atoms with Gasteiger partial charge < -0.3 is 15.3 Å². The normalized spacial score (nSPS) is 34.0. The quantitative estimate of drug-likeness (QED) is 0.864. The number of aliphatic hydroxyl groups is 1. The predicted molar refractivity (Wildman–Crippen MR) is 99.3 cm³/mol. The highest BCUT2D eigenvalue weighted by Gasteiger charge is 2.54. The summed E-state index contributed by atoms with van der Waals surface area (Å²) in [5.41, 5.74) is 1.83. The van der Waals surface area contributed by atoms with Crippen LogP contribution in [-0.4, -0.2) is 31.7 Å². The Morgan fingerprint density at radius 2 is 1.64 bits per heavy atom. The van der Waals surface area contributed by atoms with Crippen molar-refractivity contribution in [2.75, 3.05) is 25.5 Å². The summed E-state index contributed by atoms with van der Waals surface area (Å²) >= 11 is 0. The fraction of sp³-hybridized carbons (Fsp3) is 0.667. The zero-order valence-electron chi connectivity index (χ0n) is 15.4. The summed E-state index contributed by atoms with van der Waals surface area (Å²) in [4.78, 5) is 15.0. The van der Waals surface area contributed by atoms with Crippen molar-refractivity contribution in [2.45, 2.75) is 44.6 Å². The summed E-state index contributed by atoms with van der Waals surface area (Å²) in [7, 11) is 3.99. The van der Waals surface area contributed by atoms with Crippen LogP contribution in [0.15, 0.2) is 24.3 Å². The maximum atomic E-state index is 12.9. The Balaban J connectivity index is 1.37. The van der Waals surface area contributed by atoms with Gasteiger partial charge >= 0.3 is 0 Å². The largest absolute Gasteiger partial charge is 0.387 e. The number of rotatable bonds is 5. The molecule has 4 aliphatic rings. The molecule has 4 heteroatoms. The molecule has 0 aliphatic heterocycles. The average Bonchev–Trinajstić information content (AvgIpc) is 2.58. The molecule has 4 nitrogen and oxygen atoms in total. The molecule has 1 atom stereocenters. The number of nitrogens with one attached hydrogen (secondary N) is 1. The van der Waals surface area contributed by atoms with E-state index in [0.29, 0.717) is 6.54 Å². The minimum absolute atomic E-state index is 0.136. The molecule has 0 heterocycles. The molecule has 0 saturated heterocycles. The van der Waals surface area contributed by atoms with E-state index in [4.69, 9.17) is 0 Å². The molecule has 4 fully saturated rings. The smallest absolute Gasteiger partial charge is 0.226 e. The van der Waals surface area contributed by atoms with Crippen molar-refractivity contribution in [3.8, 4) is 0 Å². The number of carbonyl (C=O) groups excluding carboxylic acids is 1. The minimum atomic E-state index is -0.644. The Bertz CT molecular complexity index is 603. The number of hydrogen-bond donors (Lipinski definition) is 2. The van der Waals surface area contributed by atoms with Crippen molar-refractivity contribution in [2.24, 2.45) is 23.2 Å². The monoisotopic (exact) mass is 342 g/mol. The predicted octanol–water partition coefficient (Wildman–Crippen LogP) is 3.12. The fourth-order valence-electron chi connectivity index (χ4n) is 5.88. The van der Waals surface area contributed by atoms with Crippen LogP contribution in [0.2, 0.25) is 0 Å². The van der Waals surface area contributed by atoms with Crippen LogP contribution in [0.4, 0.5) is 5.69 Å². The summed E-state index contributed by atoms with van der Waals surface area (Å²) in [6.07, 6.45) is 6.58. The van der Waals surface area contributed by atoms with Gasteiger partial charge in [0.25, 0.3) is 0 Å². The van der Waals surface area contributed by atoms with Crippen molar-refractivity contribution in [3.05, 3.63) is 29.8 Å². The fourth-order valence-corrected chi connectivity index (χ4v) is 5.88. The lowest BCUT2D eigenvalue weighted by Gasteiger charge is -2.55. The molecule has 0 spiro atoms. The number of aliphatic hydroxyl groups excluding tert-OH is 1. The molecular formula is C21H30N2O2. The number of amides is 1. The topological polar surface area (TPSA) is 52.6 Å². The van der Waals surface area contributed by atoms with E-state index in [-0.39, 0.29) is 11.3 Å². The Morgan fingerprint density at radius 3 is 2.12 bits per heavy atom. The van der Waals surface area contributed by atoms with E-state index in [0.717, 1.165) is 48.3 Å². The van der Waals surface area contributed by atoms with E-state index in [2.05, 4.69) is 5.32 Å². The molecule has 1 aromatic rings. The highest BCUT2D eigenvalue weighted by molar-refractivity contribution is 5.83. The van der Waals surface area contributed by atoms with Crippen LogP contribution in [0, 0.1) is 23.2 Å². The van der Waals surface area contributed by atoms with Crippen LogP contribution < -0.4 is 10.2 Å². The molecule has 4 aliphatic carbocycles. The molecule has 25 heavy (non-hydrogen) atoms. The van der Waals surface area contributed by atoms with Crippen LogP contribution in [0.25, 0.3) is 0 Å². The molecule has 1 amide bonds. The SMILES string of the molecule is CN(C)c1ccc(C(O)CNC(=O)C23CC4CC(CC(C4)C2)C3)cc1. The van der Waals surface area contributed by atoms with E-state index in [9.17, 15) is 9.90 Å². The standard InChI is InChI=1S/C21H30N2O2/c1-23(2)18-5-3-17(4-6-18)19(24)13-22-20(25)21-10-14-7-15(11-21)9-16(8-14)12-21/h3-6,14-16,19,24H,7-13H2,1-2H3,(H,22,25). The second kappa shape index (κ2) is 6.31. The maximum absolute atomic E-state index is 12.9. The van der Waals surface area contributed by atoms with Gasteiger partial charge in [0.05, 0.1) is 6.10 Å². The van der Waals surface area contributed by atoms with Crippen LogP contribution in [-0.2, 0) is 4.79 Å². The molecule has 1 aromatic carbocycles. The number of hydrogen-bond acceptors (Lipinski definition) is 3. The van der Waals surface area contributed by atoms with Crippen molar-refractivity contribution in [3.63, 3.8) is 0 Å². The summed E-state index contributed by atoms with van der Waals surface area (Å²) in [6.45, 7) is 0.307. The molecule has 0 radical (unpaired) electrons. The van der Waals surface area contributed by atoms with E-state index in [1.807, 2.05) is 43.3 Å². The Kier molecular flexibility index (Phi) is 4.27. The Hall–Kier alpha value is -1.55. The van der Waals surface area contributed by atoms with Crippen LogP contribution in [0.1, 0.15) is 50.2 Å². The van der Waals surface area contributed by atoms with Gasteiger partial charge in [0.2, 0.25) is 5.91 Å². The zero-order chi connectivity index (χ0) is 17.6. The lowest BCUT2D eigenvalue weighted by atomic mass is 9.49. The first-order chi connectivity index (χ1) is 11.9. The van der Waals surface area contributed by atoms with E-state index in [1.165, 1.54) is 19.3 Å². The molecule has 4 bridgehead atoms. The van der Waals surface area contributed by atoms with Crippen LogP contribution >= 0.6 is 0 Å². The molecule has 0 aromatic heterocycles. The van der Waals surface area contributed by atoms with Gasteiger partial charge in [-0.25, -0.2) is 0 Å². The minimum Gasteiger partial charge on any atom is -0.387 e. The van der Waals surface area contributed by atoms with Gasteiger partial charge in [-0.2, -0.15) is 0 Å². The number of nitrogens with zero attached hydrogens (tertiary/aromatic N) is 1. The van der Waals surface area contributed by atoms with Gasteiger partial charge in [-0.15, -0.1) is 0 Å². The third-order valence-corrected chi connectivity index (χ3v) is 6.77. The first kappa shape index (κ1) is 16.9. The second-order valence-electron chi connectivity index (χ2n) is 8.91. The van der Waals surface area contributed by atoms with Crippen LogP contribution in [0.5, 0.6) is 0 Å². The Morgan fingerprint density at radius 1 is 1.12 bits per heavy atom. The number of anilines is 1. The number of benzene rings is 1. The van der Waals surface area contributed by atoms with E-state index >= 15 is 0 Å². The summed E-state index contributed by atoms with van der Waals surface area (Å²) in [5.74, 6) is 2.48. The Labute approximate surface area is 150 Å². The maximum Gasteiger partial charge on any atom is 0.226 e. The van der Waals surface area contributed by atoms with E-state index < -0.39 is 6.10 Å². The third-order valence-electron chi connectivity index (χ3n) is 6.77. The molecule has 136 valence electrons. The van der Waals surface area contributed by atoms with Crippen molar-refractivity contribution in [1.29, 1.82) is 0 Å². The summed E-state index contributed by atoms with van der Waals surface area (Å²) in [6, 6.07) is 7.88. The lowest BCUT2D eigenvalue weighted by molar-refractivity contribution is -0.146. The van der Waals surface area contributed by atoms with Gasteiger partial charge in [-0.05, 0) is 74.0 Å². The van der Waals surface area contributed by atoms with Gasteiger partial charge in [0.15, 0.2) is 0 Å². The van der Waals surface area contributed by atoms with E-state index in [1.54, 1.807) is 0 Å². The summed E-state index contributed by atoms with van der Waals surface area (Å²) < 4.78 is 0. The molecule has 2 N–H and O–H groups in total. The lowest BCUT2D eigenvalue weighted by Crippen LogP contribution is -2.54. The second-order valence-corrected chi connectivity index (χ2v) is 8.91. The highest BCUT2D eigenvalue weighted by atomic mass is 16.3. The average molecular weight is 342 g/mol. The van der Waals surface area contributed by atoms with Crippen molar-refractivity contribution >= 4 is 11.6 Å². The molecular weight excluding hydrogens is 312 g/mol. The number of carbonyl (C=O) groups is 1. The van der Waals surface area contributed by atoms with Gasteiger partial charge in [0, 0.05) is 31.7 Å². The van der Waals surface area contributed by atoms with Crippen molar-refractivity contribution < 1.29 is 9.90 Å². The first-order valence-corrected chi connectivity index (χ1v) is 9.69. The molecule has 1 unspecified atom stereocenters. The first-order valence-electron chi connectivity index (χ1n) is 9.69. The highest BCUT2D eigenvalue weighted by Crippen LogP contribution is 2.60. The zero-order valence-corrected chi connectivity index (χ0v) is 15.4. The molecule has 4 saturated carbocycles. The van der Waals surface area contributed by atoms with Gasteiger partial charge in [0.1, 0.15) is 0 Å². The molecule has 5 rings (SSSR count).